The third kappa shape index (κ3) is 2.46. The lowest BCUT2D eigenvalue weighted by atomic mass is 9.63. The largest absolute Gasteiger partial charge is 0.480 e. The Kier molecular flexibility index (Phi) is 3.32. The van der Waals surface area contributed by atoms with E-state index in [4.69, 9.17) is 5.11 Å². The molecule has 1 spiro atoms. The van der Waals surface area contributed by atoms with Gasteiger partial charge in [0.15, 0.2) is 0 Å². The third-order valence-corrected chi connectivity index (χ3v) is 3.85. The molecule has 0 atom stereocenters. The van der Waals surface area contributed by atoms with E-state index in [1.807, 2.05) is 0 Å². The molecule has 2 aliphatic carbocycles. The van der Waals surface area contributed by atoms with Crippen molar-refractivity contribution in [3.63, 3.8) is 0 Å². The van der Waals surface area contributed by atoms with Crippen molar-refractivity contribution in [2.45, 2.75) is 38.3 Å². The molecular weight excluding hydrogens is 263 g/mol. The first-order chi connectivity index (χ1) is 8.76. The number of alkyl halides is 3. The van der Waals surface area contributed by atoms with Gasteiger partial charge in [-0.1, -0.05) is 12.8 Å². The average molecular weight is 277 g/mol. The molecule has 0 heterocycles. The summed E-state index contributed by atoms with van der Waals surface area (Å²) in [6, 6.07) is 0. The number of carbonyl (C=O) groups excluding carboxylic acids is 1. The summed E-state index contributed by atoms with van der Waals surface area (Å²) in [7, 11) is 0. The van der Waals surface area contributed by atoms with E-state index in [1.54, 1.807) is 0 Å². The van der Waals surface area contributed by atoms with Gasteiger partial charge in [-0.2, -0.15) is 13.2 Å². The molecule has 0 aromatic heterocycles. The van der Waals surface area contributed by atoms with Crippen LogP contribution < -0.4 is 5.32 Å². The topological polar surface area (TPSA) is 66.4 Å². The fraction of sp³-hybridized carbons (Fsp3) is 0.667. The highest BCUT2D eigenvalue weighted by molar-refractivity contribution is 6.03. The Hall–Kier alpha value is -1.53. The lowest BCUT2D eigenvalue weighted by Crippen LogP contribution is -2.45. The van der Waals surface area contributed by atoms with Crippen LogP contribution in [0.4, 0.5) is 13.2 Å². The normalized spacial score (nSPS) is 21.4. The van der Waals surface area contributed by atoms with Gasteiger partial charge in [0.2, 0.25) is 0 Å². The molecule has 19 heavy (non-hydrogen) atoms. The fourth-order valence-electron chi connectivity index (χ4n) is 3.06. The number of carboxylic acid groups (broad SMARTS) is 1. The second-order valence-corrected chi connectivity index (χ2v) is 5.09. The Bertz CT molecular complexity index is 448. The van der Waals surface area contributed by atoms with Crippen LogP contribution in [-0.2, 0) is 9.59 Å². The van der Waals surface area contributed by atoms with Gasteiger partial charge >= 0.3 is 12.1 Å². The molecule has 0 amide bonds. The highest BCUT2D eigenvalue weighted by atomic mass is 19.4. The Balaban J connectivity index is 2.25. The van der Waals surface area contributed by atoms with E-state index in [2.05, 4.69) is 5.32 Å². The summed E-state index contributed by atoms with van der Waals surface area (Å²) in [5.41, 5.74) is -0.765. The van der Waals surface area contributed by atoms with Crippen molar-refractivity contribution in [2.24, 2.45) is 5.41 Å². The number of hydrogen-bond acceptors (Lipinski definition) is 3. The standard InChI is InChI=1S/C12H14F3NO3/c13-12(14,15)10(19)9-7(16-6-8(17)18)5-11(9)3-1-2-4-11/h16H,1-6H2,(H,17,18). The molecule has 2 aliphatic rings. The van der Waals surface area contributed by atoms with Gasteiger partial charge in [-0.3, -0.25) is 9.59 Å². The first kappa shape index (κ1) is 13.9. The predicted octanol–water partition coefficient (Wildman–Crippen LogP) is 2.01. The van der Waals surface area contributed by atoms with Crippen molar-refractivity contribution in [1.82, 2.24) is 5.32 Å². The summed E-state index contributed by atoms with van der Waals surface area (Å²) in [5.74, 6) is -2.99. The van der Waals surface area contributed by atoms with Crippen LogP contribution in [0.5, 0.6) is 0 Å². The Labute approximate surface area is 107 Å². The first-order valence-electron chi connectivity index (χ1n) is 6.07. The van der Waals surface area contributed by atoms with E-state index in [1.165, 1.54) is 0 Å². The molecule has 7 heteroatoms. The van der Waals surface area contributed by atoms with Crippen molar-refractivity contribution < 1.29 is 27.9 Å². The Morgan fingerprint density at radius 1 is 1.26 bits per heavy atom. The molecule has 0 aliphatic heterocycles. The number of allylic oxidation sites excluding steroid dienone is 2. The van der Waals surface area contributed by atoms with E-state index in [-0.39, 0.29) is 11.3 Å². The number of carbonyl (C=O) groups is 2. The zero-order valence-electron chi connectivity index (χ0n) is 10.1. The minimum absolute atomic E-state index is 0.145. The number of ketones is 1. The molecular formula is C12H14F3NO3. The second kappa shape index (κ2) is 4.54. The number of hydrogen-bond donors (Lipinski definition) is 2. The van der Waals surface area contributed by atoms with Crippen LogP contribution in [0, 0.1) is 5.41 Å². The van der Waals surface area contributed by atoms with Crippen molar-refractivity contribution in [3.8, 4) is 0 Å². The number of Topliss-reactive ketones (excluding diaryl/α,β-unsaturated/α-hetero) is 1. The van der Waals surface area contributed by atoms with Crippen molar-refractivity contribution in [3.05, 3.63) is 11.3 Å². The highest BCUT2D eigenvalue weighted by Gasteiger charge is 2.55. The van der Waals surface area contributed by atoms with Crippen LogP contribution in [-0.4, -0.2) is 29.6 Å². The van der Waals surface area contributed by atoms with Crippen LogP contribution in [0.2, 0.25) is 0 Å². The molecule has 2 N–H and O–H groups in total. The second-order valence-electron chi connectivity index (χ2n) is 5.09. The smallest absolute Gasteiger partial charge is 0.454 e. The van der Waals surface area contributed by atoms with Gasteiger partial charge in [0.05, 0.1) is 0 Å². The first-order valence-corrected chi connectivity index (χ1v) is 6.07. The number of aliphatic carboxylic acids is 1. The SMILES string of the molecule is O=C(O)CNC1=C(C(=O)C(F)(F)F)C2(CCCC2)C1. The van der Waals surface area contributed by atoms with Crippen molar-refractivity contribution in [2.75, 3.05) is 6.54 Å². The van der Waals surface area contributed by atoms with Crippen molar-refractivity contribution in [1.29, 1.82) is 0 Å². The lowest BCUT2D eigenvalue weighted by molar-refractivity contribution is -0.168. The zero-order valence-corrected chi connectivity index (χ0v) is 10.1. The van der Waals surface area contributed by atoms with E-state index < -0.39 is 29.9 Å². The highest BCUT2D eigenvalue weighted by Crippen LogP contribution is 2.57. The fourth-order valence-corrected chi connectivity index (χ4v) is 3.06. The maximum Gasteiger partial charge on any atom is 0.454 e. The van der Waals surface area contributed by atoms with Gasteiger partial charge in [-0.15, -0.1) is 0 Å². The molecule has 2 rings (SSSR count). The van der Waals surface area contributed by atoms with Gasteiger partial charge < -0.3 is 10.4 Å². The van der Waals surface area contributed by atoms with Crippen LogP contribution in [0.3, 0.4) is 0 Å². The average Bonchev–Trinajstić information content (AvgIpc) is 2.73. The summed E-state index contributed by atoms with van der Waals surface area (Å²) < 4.78 is 37.8. The van der Waals surface area contributed by atoms with E-state index in [0.717, 1.165) is 12.8 Å². The van der Waals surface area contributed by atoms with Crippen LogP contribution >= 0.6 is 0 Å². The van der Waals surface area contributed by atoms with E-state index in [0.29, 0.717) is 19.3 Å². The zero-order chi connectivity index (χ0) is 14.3. The molecule has 1 saturated carbocycles. The van der Waals surface area contributed by atoms with Crippen LogP contribution in [0.1, 0.15) is 32.1 Å². The van der Waals surface area contributed by atoms with Crippen LogP contribution in [0.15, 0.2) is 11.3 Å². The van der Waals surface area contributed by atoms with Crippen LogP contribution in [0.25, 0.3) is 0 Å². The molecule has 1 fully saturated rings. The van der Waals surface area contributed by atoms with Gasteiger partial charge in [0.25, 0.3) is 5.78 Å². The lowest BCUT2D eigenvalue weighted by Gasteiger charge is -2.43. The van der Waals surface area contributed by atoms with Gasteiger partial charge in [0.1, 0.15) is 6.54 Å². The van der Waals surface area contributed by atoms with Gasteiger partial charge in [-0.05, 0) is 19.3 Å². The molecule has 106 valence electrons. The third-order valence-electron chi connectivity index (χ3n) is 3.85. The number of carboxylic acids is 1. The Morgan fingerprint density at radius 3 is 2.32 bits per heavy atom. The monoisotopic (exact) mass is 277 g/mol. The van der Waals surface area contributed by atoms with E-state index >= 15 is 0 Å². The molecule has 0 bridgehead atoms. The number of nitrogens with one attached hydrogen (secondary N) is 1. The van der Waals surface area contributed by atoms with Gasteiger partial charge in [0, 0.05) is 16.7 Å². The number of rotatable bonds is 4. The molecule has 0 unspecified atom stereocenters. The molecule has 4 nitrogen and oxygen atoms in total. The maximum atomic E-state index is 12.6. The minimum atomic E-state index is -4.90. The summed E-state index contributed by atoms with van der Waals surface area (Å²) in [6.07, 6.45) is -1.80. The maximum absolute atomic E-state index is 12.6. The summed E-state index contributed by atoms with van der Waals surface area (Å²) in [6.45, 7) is -0.472. The summed E-state index contributed by atoms with van der Waals surface area (Å²) in [4.78, 5) is 21.9. The quantitative estimate of drug-likeness (QED) is 0.825. The molecule has 0 radical (unpaired) electrons. The number of halogens is 3. The molecule has 0 saturated heterocycles. The molecule has 0 aromatic rings. The minimum Gasteiger partial charge on any atom is -0.480 e. The van der Waals surface area contributed by atoms with Gasteiger partial charge in [-0.25, -0.2) is 0 Å². The van der Waals surface area contributed by atoms with Crippen molar-refractivity contribution >= 4 is 11.8 Å². The molecule has 0 aromatic carbocycles. The predicted molar refractivity (Wildman–Crippen MR) is 59.2 cm³/mol. The summed E-state index contributed by atoms with van der Waals surface area (Å²) in [5, 5.41) is 11.0. The summed E-state index contributed by atoms with van der Waals surface area (Å²) >= 11 is 0. The van der Waals surface area contributed by atoms with E-state index in [9.17, 15) is 22.8 Å². The Morgan fingerprint density at radius 2 is 1.84 bits per heavy atom.